The van der Waals surface area contributed by atoms with Gasteiger partial charge in [-0.1, -0.05) is 24.3 Å². The summed E-state index contributed by atoms with van der Waals surface area (Å²) in [7, 11) is 0. The van der Waals surface area contributed by atoms with Crippen molar-refractivity contribution in [2.45, 2.75) is 38.5 Å². The third-order valence-corrected chi connectivity index (χ3v) is 4.27. The molecule has 0 radical (unpaired) electrons. The van der Waals surface area contributed by atoms with Gasteiger partial charge in [0, 0.05) is 25.2 Å². The van der Waals surface area contributed by atoms with Crippen LogP contribution >= 0.6 is 0 Å². The smallest absolute Gasteiger partial charge is 0.256 e. The highest BCUT2D eigenvalue weighted by atomic mass is 16.5. The summed E-state index contributed by atoms with van der Waals surface area (Å²) in [5.41, 5.74) is 2.29. The third-order valence-electron chi connectivity index (χ3n) is 4.27. The van der Waals surface area contributed by atoms with Crippen LogP contribution in [0.2, 0.25) is 0 Å². The maximum absolute atomic E-state index is 12.8. The van der Waals surface area contributed by atoms with Gasteiger partial charge in [0.2, 0.25) is 0 Å². The van der Waals surface area contributed by atoms with Crippen LogP contribution in [0.3, 0.4) is 0 Å². The molecular formula is C16H22N2O2. The normalized spacial score (nSPS) is 29.9. The molecule has 0 spiro atoms. The standard InChI is InChI=1S/C16H22N2O2/c1-11-10-18(12(2)9-17-11)16(19)15-14-6-4-3-5-13(14)7-8-20-15/h3-6,11-12,15,17H,7-10H2,1-2H3. The third kappa shape index (κ3) is 2.45. The van der Waals surface area contributed by atoms with Crippen molar-refractivity contribution in [2.75, 3.05) is 19.7 Å². The first kappa shape index (κ1) is 13.6. The number of benzene rings is 1. The molecule has 1 N–H and O–H groups in total. The lowest BCUT2D eigenvalue weighted by atomic mass is 9.96. The fourth-order valence-corrected chi connectivity index (χ4v) is 3.08. The van der Waals surface area contributed by atoms with Gasteiger partial charge in [0.25, 0.3) is 5.91 Å². The van der Waals surface area contributed by atoms with Crippen molar-refractivity contribution in [3.8, 4) is 0 Å². The largest absolute Gasteiger partial charge is 0.363 e. The van der Waals surface area contributed by atoms with E-state index in [1.807, 2.05) is 23.1 Å². The van der Waals surface area contributed by atoms with E-state index in [9.17, 15) is 4.79 Å². The van der Waals surface area contributed by atoms with Gasteiger partial charge in [0.15, 0.2) is 6.10 Å². The number of carbonyl (C=O) groups is 1. The molecule has 1 saturated heterocycles. The van der Waals surface area contributed by atoms with Crippen molar-refractivity contribution in [1.29, 1.82) is 0 Å². The summed E-state index contributed by atoms with van der Waals surface area (Å²) in [6, 6.07) is 8.69. The number of rotatable bonds is 1. The van der Waals surface area contributed by atoms with Crippen molar-refractivity contribution in [3.05, 3.63) is 35.4 Å². The summed E-state index contributed by atoms with van der Waals surface area (Å²) < 4.78 is 5.79. The van der Waals surface area contributed by atoms with Gasteiger partial charge >= 0.3 is 0 Å². The van der Waals surface area contributed by atoms with Crippen molar-refractivity contribution in [2.24, 2.45) is 0 Å². The fraction of sp³-hybridized carbons (Fsp3) is 0.562. The van der Waals surface area contributed by atoms with Gasteiger partial charge in [-0.25, -0.2) is 0 Å². The molecule has 1 fully saturated rings. The summed E-state index contributed by atoms with van der Waals surface area (Å²) >= 11 is 0. The molecule has 2 aliphatic rings. The zero-order chi connectivity index (χ0) is 14.1. The van der Waals surface area contributed by atoms with E-state index < -0.39 is 6.10 Å². The number of amides is 1. The maximum atomic E-state index is 12.8. The number of ether oxygens (including phenoxy) is 1. The zero-order valence-electron chi connectivity index (χ0n) is 12.1. The Morgan fingerprint density at radius 2 is 2.15 bits per heavy atom. The fourth-order valence-electron chi connectivity index (χ4n) is 3.08. The Labute approximate surface area is 120 Å². The second kappa shape index (κ2) is 5.54. The predicted molar refractivity (Wildman–Crippen MR) is 77.5 cm³/mol. The highest BCUT2D eigenvalue weighted by Gasteiger charge is 2.35. The average molecular weight is 274 g/mol. The molecule has 1 aromatic carbocycles. The first-order valence-corrected chi connectivity index (χ1v) is 7.40. The molecule has 2 aliphatic heterocycles. The van der Waals surface area contributed by atoms with Crippen LogP contribution in [0.25, 0.3) is 0 Å². The summed E-state index contributed by atoms with van der Waals surface area (Å²) in [6.07, 6.45) is 0.473. The van der Waals surface area contributed by atoms with Crippen LogP contribution < -0.4 is 5.32 Å². The van der Waals surface area contributed by atoms with Crippen LogP contribution in [0.5, 0.6) is 0 Å². The molecule has 0 aliphatic carbocycles. The Hall–Kier alpha value is -1.39. The van der Waals surface area contributed by atoms with E-state index in [1.54, 1.807) is 0 Å². The lowest BCUT2D eigenvalue weighted by Gasteiger charge is -2.40. The van der Waals surface area contributed by atoms with Crippen molar-refractivity contribution in [3.63, 3.8) is 0 Å². The molecule has 3 rings (SSSR count). The van der Waals surface area contributed by atoms with Crippen LogP contribution in [0.1, 0.15) is 31.1 Å². The molecule has 3 unspecified atom stereocenters. The minimum atomic E-state index is -0.423. The number of nitrogens with zero attached hydrogens (tertiary/aromatic N) is 1. The molecule has 1 aromatic rings. The highest BCUT2D eigenvalue weighted by Crippen LogP contribution is 2.29. The zero-order valence-corrected chi connectivity index (χ0v) is 12.1. The molecule has 0 aromatic heterocycles. The molecule has 0 bridgehead atoms. The molecule has 2 heterocycles. The van der Waals surface area contributed by atoms with Crippen LogP contribution in [0, 0.1) is 0 Å². The van der Waals surface area contributed by atoms with E-state index in [0.717, 1.165) is 25.1 Å². The van der Waals surface area contributed by atoms with Gasteiger partial charge in [-0.15, -0.1) is 0 Å². The van der Waals surface area contributed by atoms with E-state index in [4.69, 9.17) is 4.74 Å². The second-order valence-electron chi connectivity index (χ2n) is 5.85. The summed E-state index contributed by atoms with van der Waals surface area (Å²) in [5.74, 6) is 0.109. The Morgan fingerprint density at radius 3 is 3.00 bits per heavy atom. The molecule has 1 amide bonds. The molecule has 4 heteroatoms. The quantitative estimate of drug-likeness (QED) is 0.844. The Morgan fingerprint density at radius 1 is 1.35 bits per heavy atom. The number of fused-ring (bicyclic) bond motifs is 1. The minimum absolute atomic E-state index is 0.109. The second-order valence-corrected chi connectivity index (χ2v) is 5.85. The minimum Gasteiger partial charge on any atom is -0.363 e. The molecule has 108 valence electrons. The van der Waals surface area contributed by atoms with Gasteiger partial charge in [-0.2, -0.15) is 0 Å². The maximum Gasteiger partial charge on any atom is 0.256 e. The summed E-state index contributed by atoms with van der Waals surface area (Å²) in [6.45, 7) is 6.43. The number of piperazine rings is 1. The van der Waals surface area contributed by atoms with Gasteiger partial charge < -0.3 is 15.0 Å². The molecule has 20 heavy (non-hydrogen) atoms. The SMILES string of the molecule is CC1CN(C(=O)C2OCCc3ccccc32)C(C)CN1. The van der Waals surface area contributed by atoms with E-state index in [2.05, 4.69) is 25.2 Å². The van der Waals surface area contributed by atoms with Gasteiger partial charge in [0.05, 0.1) is 6.61 Å². The number of hydrogen-bond donors (Lipinski definition) is 1. The van der Waals surface area contributed by atoms with E-state index in [0.29, 0.717) is 12.6 Å². The predicted octanol–water partition coefficient (Wildman–Crippen LogP) is 1.51. The van der Waals surface area contributed by atoms with E-state index in [-0.39, 0.29) is 11.9 Å². The Balaban J connectivity index is 1.84. The summed E-state index contributed by atoms with van der Waals surface area (Å²) in [4.78, 5) is 14.8. The van der Waals surface area contributed by atoms with Crippen molar-refractivity contribution in [1.82, 2.24) is 10.2 Å². The van der Waals surface area contributed by atoms with Crippen LogP contribution in [0.15, 0.2) is 24.3 Å². The van der Waals surface area contributed by atoms with Crippen LogP contribution in [-0.2, 0) is 16.0 Å². The first-order chi connectivity index (χ1) is 9.66. The first-order valence-electron chi connectivity index (χ1n) is 7.40. The highest BCUT2D eigenvalue weighted by molar-refractivity contribution is 5.83. The van der Waals surface area contributed by atoms with Crippen LogP contribution in [-0.4, -0.2) is 42.6 Å². The molecule has 0 saturated carbocycles. The monoisotopic (exact) mass is 274 g/mol. The van der Waals surface area contributed by atoms with Gasteiger partial charge in [0.1, 0.15) is 0 Å². The molecule has 3 atom stereocenters. The van der Waals surface area contributed by atoms with E-state index >= 15 is 0 Å². The van der Waals surface area contributed by atoms with Gasteiger partial charge in [-0.3, -0.25) is 4.79 Å². The molecular weight excluding hydrogens is 252 g/mol. The van der Waals surface area contributed by atoms with Crippen molar-refractivity contribution >= 4 is 5.91 Å². The van der Waals surface area contributed by atoms with Crippen molar-refractivity contribution < 1.29 is 9.53 Å². The lowest BCUT2D eigenvalue weighted by molar-refractivity contribution is -0.148. The number of carbonyl (C=O) groups excluding carboxylic acids is 1. The lowest BCUT2D eigenvalue weighted by Crippen LogP contribution is -2.57. The Bertz CT molecular complexity index is 503. The average Bonchev–Trinajstić information content (AvgIpc) is 2.48. The van der Waals surface area contributed by atoms with Crippen LogP contribution in [0.4, 0.5) is 0 Å². The van der Waals surface area contributed by atoms with E-state index in [1.165, 1.54) is 5.56 Å². The Kier molecular flexibility index (Phi) is 3.76. The summed E-state index contributed by atoms with van der Waals surface area (Å²) in [5, 5.41) is 3.40. The number of nitrogens with one attached hydrogen (secondary N) is 1. The topological polar surface area (TPSA) is 41.6 Å². The van der Waals surface area contributed by atoms with Gasteiger partial charge in [-0.05, 0) is 31.4 Å². The number of hydrogen-bond acceptors (Lipinski definition) is 3. The molecule has 4 nitrogen and oxygen atoms in total.